The Hall–Kier alpha value is -0.750. The molecule has 0 spiro atoms. The number of nitrogens with zero attached hydrogens (tertiary/aromatic N) is 1. The van der Waals surface area contributed by atoms with Crippen molar-refractivity contribution in [2.24, 2.45) is 16.5 Å². The summed E-state index contributed by atoms with van der Waals surface area (Å²) in [5.41, 5.74) is 10.3. The second kappa shape index (κ2) is 5.21. The molecular weight excluding hydrogens is 200 g/mol. The van der Waals surface area contributed by atoms with Crippen LogP contribution in [0.25, 0.3) is 0 Å². The SMILES string of the molecule is CC1CCC(CSC(=N)N=C(N)N)O1. The van der Waals surface area contributed by atoms with Gasteiger partial charge >= 0.3 is 0 Å². The lowest BCUT2D eigenvalue weighted by atomic mass is 10.2. The maximum atomic E-state index is 7.39. The zero-order valence-corrected chi connectivity index (χ0v) is 9.01. The van der Waals surface area contributed by atoms with E-state index in [4.69, 9.17) is 21.6 Å². The number of hydrogen-bond acceptors (Lipinski definition) is 3. The first kappa shape index (κ1) is 11.3. The molecule has 0 radical (unpaired) electrons. The van der Waals surface area contributed by atoms with Crippen molar-refractivity contribution in [3.63, 3.8) is 0 Å². The number of guanidine groups is 1. The zero-order valence-electron chi connectivity index (χ0n) is 8.19. The normalized spacial score (nSPS) is 26.1. The summed E-state index contributed by atoms with van der Waals surface area (Å²) in [4.78, 5) is 3.62. The Morgan fingerprint density at radius 3 is 2.79 bits per heavy atom. The van der Waals surface area contributed by atoms with Crippen molar-refractivity contribution in [1.29, 1.82) is 5.41 Å². The van der Waals surface area contributed by atoms with Crippen molar-refractivity contribution < 1.29 is 4.74 Å². The van der Waals surface area contributed by atoms with Crippen LogP contribution in [0.1, 0.15) is 19.8 Å². The van der Waals surface area contributed by atoms with Gasteiger partial charge in [-0.15, -0.1) is 0 Å². The van der Waals surface area contributed by atoms with Gasteiger partial charge in [0.25, 0.3) is 0 Å². The molecule has 0 bridgehead atoms. The summed E-state index contributed by atoms with van der Waals surface area (Å²) in [6.45, 7) is 2.06. The van der Waals surface area contributed by atoms with Gasteiger partial charge in [0.2, 0.25) is 0 Å². The molecule has 14 heavy (non-hydrogen) atoms. The Labute approximate surface area is 87.8 Å². The Bertz CT molecular complexity index is 239. The highest BCUT2D eigenvalue weighted by Crippen LogP contribution is 2.22. The van der Waals surface area contributed by atoms with Crippen LogP contribution in [0, 0.1) is 5.41 Å². The van der Waals surface area contributed by atoms with E-state index >= 15 is 0 Å². The third kappa shape index (κ3) is 3.97. The number of nitrogens with one attached hydrogen (secondary N) is 1. The Balaban J connectivity index is 2.21. The second-order valence-corrected chi connectivity index (χ2v) is 4.31. The molecule has 80 valence electrons. The van der Waals surface area contributed by atoms with Gasteiger partial charge in [0, 0.05) is 5.75 Å². The van der Waals surface area contributed by atoms with E-state index in [1.54, 1.807) is 0 Å². The van der Waals surface area contributed by atoms with Gasteiger partial charge in [0.1, 0.15) is 0 Å². The van der Waals surface area contributed by atoms with Crippen LogP contribution in [-0.4, -0.2) is 29.1 Å². The highest BCUT2D eigenvalue weighted by molar-refractivity contribution is 8.13. The predicted octanol–water partition coefficient (Wildman–Crippen LogP) is 0.495. The molecule has 5 nitrogen and oxygen atoms in total. The molecule has 0 aromatic carbocycles. The van der Waals surface area contributed by atoms with Gasteiger partial charge in [-0.3, -0.25) is 5.41 Å². The molecule has 5 N–H and O–H groups in total. The summed E-state index contributed by atoms with van der Waals surface area (Å²) in [6.07, 6.45) is 2.74. The van der Waals surface area contributed by atoms with Crippen LogP contribution >= 0.6 is 11.8 Å². The molecule has 1 aliphatic heterocycles. The van der Waals surface area contributed by atoms with Crippen LogP contribution in [-0.2, 0) is 4.74 Å². The Morgan fingerprint density at radius 1 is 1.57 bits per heavy atom. The summed E-state index contributed by atoms with van der Waals surface area (Å²) in [5, 5.41) is 7.54. The lowest BCUT2D eigenvalue weighted by Crippen LogP contribution is -2.23. The van der Waals surface area contributed by atoms with E-state index in [2.05, 4.69) is 11.9 Å². The van der Waals surface area contributed by atoms with Crippen molar-refractivity contribution in [2.45, 2.75) is 32.0 Å². The third-order valence-corrected chi connectivity index (χ3v) is 2.86. The number of aliphatic imine (C=N–C) groups is 1. The first-order valence-electron chi connectivity index (χ1n) is 4.54. The fourth-order valence-electron chi connectivity index (χ4n) is 1.33. The molecular formula is C8H16N4OS. The van der Waals surface area contributed by atoms with E-state index in [0.717, 1.165) is 18.6 Å². The number of ether oxygens (including phenoxy) is 1. The van der Waals surface area contributed by atoms with Crippen LogP contribution in [0.5, 0.6) is 0 Å². The van der Waals surface area contributed by atoms with Gasteiger partial charge in [-0.05, 0) is 19.8 Å². The van der Waals surface area contributed by atoms with Gasteiger partial charge in [0.05, 0.1) is 12.2 Å². The minimum absolute atomic E-state index is 0.0665. The molecule has 1 saturated heterocycles. The average Bonchev–Trinajstić information content (AvgIpc) is 2.47. The summed E-state index contributed by atoms with van der Waals surface area (Å²) < 4.78 is 5.59. The van der Waals surface area contributed by atoms with Gasteiger partial charge in [-0.25, -0.2) is 0 Å². The van der Waals surface area contributed by atoms with Gasteiger partial charge in [-0.2, -0.15) is 4.99 Å². The van der Waals surface area contributed by atoms with E-state index in [-0.39, 0.29) is 17.2 Å². The molecule has 0 amide bonds. The molecule has 1 heterocycles. The Kier molecular flexibility index (Phi) is 4.21. The maximum absolute atomic E-state index is 7.39. The fraction of sp³-hybridized carbons (Fsp3) is 0.750. The summed E-state index contributed by atoms with van der Waals surface area (Å²) in [6, 6.07) is 0. The van der Waals surface area contributed by atoms with Crippen molar-refractivity contribution >= 4 is 22.9 Å². The monoisotopic (exact) mass is 216 g/mol. The van der Waals surface area contributed by atoms with Crippen LogP contribution in [0.2, 0.25) is 0 Å². The van der Waals surface area contributed by atoms with Crippen LogP contribution in [0.4, 0.5) is 0 Å². The van der Waals surface area contributed by atoms with Crippen LogP contribution < -0.4 is 11.5 Å². The maximum Gasteiger partial charge on any atom is 0.193 e. The minimum atomic E-state index is -0.0665. The van der Waals surface area contributed by atoms with Gasteiger partial charge < -0.3 is 16.2 Å². The molecule has 2 unspecified atom stereocenters. The van der Waals surface area contributed by atoms with Crippen molar-refractivity contribution in [3.05, 3.63) is 0 Å². The smallest absolute Gasteiger partial charge is 0.193 e. The van der Waals surface area contributed by atoms with Crippen LogP contribution in [0.3, 0.4) is 0 Å². The van der Waals surface area contributed by atoms with Gasteiger partial charge in [-0.1, -0.05) is 11.8 Å². The topological polar surface area (TPSA) is 97.5 Å². The number of nitrogens with two attached hydrogens (primary N) is 2. The highest BCUT2D eigenvalue weighted by atomic mass is 32.2. The van der Waals surface area contributed by atoms with E-state index in [1.807, 2.05) is 0 Å². The van der Waals surface area contributed by atoms with Crippen molar-refractivity contribution in [1.82, 2.24) is 0 Å². The molecule has 1 fully saturated rings. The molecule has 0 aromatic rings. The zero-order chi connectivity index (χ0) is 10.6. The molecule has 0 aliphatic carbocycles. The second-order valence-electron chi connectivity index (χ2n) is 3.30. The fourth-order valence-corrected chi connectivity index (χ4v) is 2.09. The summed E-state index contributed by atoms with van der Waals surface area (Å²) in [7, 11) is 0. The number of amidine groups is 1. The number of hydrogen-bond donors (Lipinski definition) is 3. The summed E-state index contributed by atoms with van der Waals surface area (Å²) >= 11 is 1.31. The lowest BCUT2D eigenvalue weighted by Gasteiger charge is -2.09. The molecule has 0 saturated carbocycles. The van der Waals surface area contributed by atoms with Crippen LogP contribution in [0.15, 0.2) is 4.99 Å². The quantitative estimate of drug-likeness (QED) is 0.462. The summed E-state index contributed by atoms with van der Waals surface area (Å²) in [5.74, 6) is 0.683. The molecule has 6 heteroatoms. The molecule has 1 aliphatic rings. The largest absolute Gasteiger partial charge is 0.374 e. The standard InChI is InChI=1S/C8H16N4OS/c1-5-2-3-6(13-5)4-14-8(11)12-7(9)10/h5-6H,2-4H2,1H3,(H5,9,10,11,12). The lowest BCUT2D eigenvalue weighted by molar-refractivity contribution is 0.0701. The first-order valence-corrected chi connectivity index (χ1v) is 5.53. The predicted molar refractivity (Wildman–Crippen MR) is 59.6 cm³/mol. The number of thioether (sulfide) groups is 1. The van der Waals surface area contributed by atoms with Gasteiger partial charge in [0.15, 0.2) is 11.1 Å². The third-order valence-electron chi connectivity index (χ3n) is 1.96. The molecule has 2 atom stereocenters. The molecule has 1 rings (SSSR count). The Morgan fingerprint density at radius 2 is 2.29 bits per heavy atom. The van der Waals surface area contributed by atoms with E-state index in [1.165, 1.54) is 11.8 Å². The molecule has 0 aromatic heterocycles. The van der Waals surface area contributed by atoms with E-state index < -0.39 is 0 Å². The van der Waals surface area contributed by atoms with Crippen molar-refractivity contribution in [3.8, 4) is 0 Å². The first-order chi connectivity index (χ1) is 6.58. The highest BCUT2D eigenvalue weighted by Gasteiger charge is 2.21. The van der Waals surface area contributed by atoms with Crippen molar-refractivity contribution in [2.75, 3.05) is 5.75 Å². The average molecular weight is 216 g/mol. The van der Waals surface area contributed by atoms with E-state index in [0.29, 0.717) is 6.10 Å². The minimum Gasteiger partial charge on any atom is -0.374 e. The van der Waals surface area contributed by atoms with E-state index in [9.17, 15) is 0 Å². The number of rotatable bonds is 2.